The van der Waals surface area contributed by atoms with Crippen molar-refractivity contribution in [3.63, 3.8) is 0 Å². The molecule has 0 atom stereocenters. The lowest BCUT2D eigenvalue weighted by molar-refractivity contribution is 0.460. The van der Waals surface area contributed by atoms with Crippen molar-refractivity contribution in [2.45, 2.75) is 38.3 Å². The molecular formula is C12H15IN4. The van der Waals surface area contributed by atoms with E-state index in [2.05, 4.69) is 49.7 Å². The highest BCUT2D eigenvalue weighted by molar-refractivity contribution is 14.1. The molecule has 0 saturated heterocycles. The van der Waals surface area contributed by atoms with Crippen molar-refractivity contribution >= 4 is 22.6 Å². The van der Waals surface area contributed by atoms with Crippen LogP contribution in [-0.4, -0.2) is 19.6 Å². The summed E-state index contributed by atoms with van der Waals surface area (Å²) in [6, 6.07) is 4.74. The molecular weight excluding hydrogens is 327 g/mol. The summed E-state index contributed by atoms with van der Waals surface area (Å²) in [5.41, 5.74) is 1.09. The van der Waals surface area contributed by atoms with Gasteiger partial charge >= 0.3 is 0 Å². The Morgan fingerprint density at radius 2 is 2.00 bits per heavy atom. The molecule has 0 radical (unpaired) electrons. The van der Waals surface area contributed by atoms with Crippen LogP contribution in [0.3, 0.4) is 0 Å². The minimum Gasteiger partial charge on any atom is -0.269 e. The fourth-order valence-corrected chi connectivity index (χ4v) is 2.86. The molecule has 0 N–H and O–H groups in total. The Morgan fingerprint density at radius 3 is 2.71 bits per heavy atom. The van der Waals surface area contributed by atoms with Gasteiger partial charge in [-0.05, 0) is 47.6 Å². The lowest BCUT2D eigenvalue weighted by Crippen LogP contribution is -2.07. The van der Waals surface area contributed by atoms with Gasteiger partial charge in [-0.2, -0.15) is 10.2 Å². The van der Waals surface area contributed by atoms with Crippen LogP contribution in [0.2, 0.25) is 0 Å². The minimum absolute atomic E-state index is 0.626. The van der Waals surface area contributed by atoms with E-state index in [9.17, 15) is 0 Å². The zero-order valence-electron chi connectivity index (χ0n) is 9.59. The maximum atomic E-state index is 4.65. The largest absolute Gasteiger partial charge is 0.269 e. The fourth-order valence-electron chi connectivity index (χ4n) is 2.42. The standard InChI is InChI=1S/C12H15IN4/c13-12-6-7-16(15-12)9-10-5-8-17(14-10)11-3-1-2-4-11/h5-8,11H,1-4,9H2. The van der Waals surface area contributed by atoms with E-state index >= 15 is 0 Å². The summed E-state index contributed by atoms with van der Waals surface area (Å²) < 4.78 is 5.10. The Hall–Kier alpha value is -0.850. The topological polar surface area (TPSA) is 35.6 Å². The quantitative estimate of drug-likeness (QED) is 0.804. The van der Waals surface area contributed by atoms with Gasteiger partial charge in [0, 0.05) is 12.4 Å². The van der Waals surface area contributed by atoms with Crippen molar-refractivity contribution in [1.29, 1.82) is 0 Å². The highest BCUT2D eigenvalue weighted by Crippen LogP contribution is 2.28. The first-order valence-corrected chi connectivity index (χ1v) is 7.12. The molecule has 1 saturated carbocycles. The molecule has 2 aromatic rings. The Kier molecular flexibility index (Phi) is 3.17. The van der Waals surface area contributed by atoms with Crippen LogP contribution in [0.1, 0.15) is 37.4 Å². The van der Waals surface area contributed by atoms with Crippen molar-refractivity contribution in [3.05, 3.63) is 33.9 Å². The van der Waals surface area contributed by atoms with Crippen molar-refractivity contribution in [2.75, 3.05) is 0 Å². The Balaban J connectivity index is 1.71. The van der Waals surface area contributed by atoms with Gasteiger partial charge in [0.1, 0.15) is 3.70 Å². The van der Waals surface area contributed by atoms with E-state index in [1.165, 1.54) is 25.7 Å². The van der Waals surface area contributed by atoms with Gasteiger partial charge in [-0.25, -0.2) is 0 Å². The van der Waals surface area contributed by atoms with Gasteiger partial charge in [-0.1, -0.05) is 12.8 Å². The molecule has 5 heteroatoms. The number of halogens is 1. The summed E-state index contributed by atoms with van der Waals surface area (Å²) in [5, 5.41) is 9.02. The Morgan fingerprint density at radius 1 is 1.18 bits per heavy atom. The Labute approximate surface area is 114 Å². The molecule has 90 valence electrons. The van der Waals surface area contributed by atoms with E-state index in [0.717, 1.165) is 15.9 Å². The summed E-state index contributed by atoms with van der Waals surface area (Å²) in [4.78, 5) is 0. The summed E-state index contributed by atoms with van der Waals surface area (Å²) in [6.07, 6.45) is 9.35. The zero-order chi connectivity index (χ0) is 11.7. The molecule has 0 aliphatic heterocycles. The second kappa shape index (κ2) is 4.80. The van der Waals surface area contributed by atoms with Crippen molar-refractivity contribution in [2.24, 2.45) is 0 Å². The first-order chi connectivity index (χ1) is 8.31. The molecule has 0 amide bonds. The van der Waals surface area contributed by atoms with E-state index < -0.39 is 0 Å². The number of rotatable bonds is 3. The van der Waals surface area contributed by atoms with E-state index in [4.69, 9.17) is 0 Å². The molecule has 2 heterocycles. The molecule has 1 fully saturated rings. The van der Waals surface area contributed by atoms with E-state index in [1.807, 2.05) is 16.9 Å². The summed E-state index contributed by atoms with van der Waals surface area (Å²) in [5.74, 6) is 0. The number of aromatic nitrogens is 4. The monoisotopic (exact) mass is 342 g/mol. The third-order valence-corrected chi connectivity index (χ3v) is 3.87. The first kappa shape index (κ1) is 11.3. The third kappa shape index (κ3) is 2.53. The van der Waals surface area contributed by atoms with Gasteiger partial charge in [0.2, 0.25) is 0 Å². The van der Waals surface area contributed by atoms with Gasteiger partial charge in [0.05, 0.1) is 18.3 Å². The maximum Gasteiger partial charge on any atom is 0.123 e. The van der Waals surface area contributed by atoms with Crippen LogP contribution in [0.15, 0.2) is 24.5 Å². The molecule has 17 heavy (non-hydrogen) atoms. The van der Waals surface area contributed by atoms with Gasteiger partial charge < -0.3 is 0 Å². The highest BCUT2D eigenvalue weighted by Gasteiger charge is 2.17. The lowest BCUT2D eigenvalue weighted by Gasteiger charge is -2.08. The second-order valence-electron chi connectivity index (χ2n) is 4.56. The zero-order valence-corrected chi connectivity index (χ0v) is 11.7. The molecule has 2 aromatic heterocycles. The molecule has 0 spiro atoms. The van der Waals surface area contributed by atoms with Crippen LogP contribution in [-0.2, 0) is 6.54 Å². The van der Waals surface area contributed by atoms with Crippen LogP contribution >= 0.6 is 22.6 Å². The van der Waals surface area contributed by atoms with Crippen LogP contribution in [0.5, 0.6) is 0 Å². The smallest absolute Gasteiger partial charge is 0.123 e. The van der Waals surface area contributed by atoms with Crippen molar-refractivity contribution in [1.82, 2.24) is 19.6 Å². The molecule has 0 aromatic carbocycles. The number of hydrogen-bond acceptors (Lipinski definition) is 2. The fraction of sp³-hybridized carbons (Fsp3) is 0.500. The summed E-state index contributed by atoms with van der Waals surface area (Å²) in [7, 11) is 0. The molecule has 1 aliphatic carbocycles. The van der Waals surface area contributed by atoms with E-state index in [0.29, 0.717) is 6.04 Å². The minimum atomic E-state index is 0.626. The van der Waals surface area contributed by atoms with Crippen LogP contribution in [0.25, 0.3) is 0 Å². The average Bonchev–Trinajstić information content (AvgIpc) is 3.00. The van der Waals surface area contributed by atoms with Gasteiger partial charge in [-0.15, -0.1) is 0 Å². The summed E-state index contributed by atoms with van der Waals surface area (Å²) >= 11 is 2.22. The molecule has 0 unspecified atom stereocenters. The van der Waals surface area contributed by atoms with E-state index in [1.54, 1.807) is 0 Å². The number of nitrogens with zero attached hydrogens (tertiary/aromatic N) is 4. The van der Waals surface area contributed by atoms with Gasteiger partial charge in [-0.3, -0.25) is 9.36 Å². The van der Waals surface area contributed by atoms with Crippen LogP contribution in [0, 0.1) is 3.70 Å². The third-order valence-electron chi connectivity index (χ3n) is 3.29. The van der Waals surface area contributed by atoms with E-state index in [-0.39, 0.29) is 0 Å². The molecule has 0 bridgehead atoms. The predicted octanol–water partition coefficient (Wildman–Crippen LogP) is 2.85. The van der Waals surface area contributed by atoms with Crippen molar-refractivity contribution < 1.29 is 0 Å². The van der Waals surface area contributed by atoms with Gasteiger partial charge in [0.15, 0.2) is 0 Å². The SMILES string of the molecule is Ic1ccn(Cc2ccn(C3CCCC3)n2)n1. The van der Waals surface area contributed by atoms with Crippen LogP contribution < -0.4 is 0 Å². The second-order valence-corrected chi connectivity index (χ2v) is 5.67. The number of hydrogen-bond donors (Lipinski definition) is 0. The molecule has 4 nitrogen and oxygen atoms in total. The molecule has 3 rings (SSSR count). The average molecular weight is 342 g/mol. The van der Waals surface area contributed by atoms with Gasteiger partial charge in [0.25, 0.3) is 0 Å². The predicted molar refractivity (Wildman–Crippen MR) is 73.8 cm³/mol. The highest BCUT2D eigenvalue weighted by atomic mass is 127. The maximum absolute atomic E-state index is 4.65. The van der Waals surface area contributed by atoms with Crippen molar-refractivity contribution in [3.8, 4) is 0 Å². The Bertz CT molecular complexity index is 496. The first-order valence-electron chi connectivity index (χ1n) is 6.04. The lowest BCUT2D eigenvalue weighted by atomic mass is 10.3. The van der Waals surface area contributed by atoms with Crippen LogP contribution in [0.4, 0.5) is 0 Å². The summed E-state index contributed by atoms with van der Waals surface area (Å²) in [6.45, 7) is 0.767. The normalized spacial score (nSPS) is 16.8. The molecule has 1 aliphatic rings.